The summed E-state index contributed by atoms with van der Waals surface area (Å²) in [5.74, 6) is 0. The molecule has 0 spiro atoms. The first-order valence-electron chi connectivity index (χ1n) is 19.9. The lowest BCUT2D eigenvalue weighted by Gasteiger charge is -2.14. The number of benzene rings is 10. The number of hydrogen-bond acceptors (Lipinski definition) is 0. The molecule has 0 unspecified atom stereocenters. The maximum absolute atomic E-state index is 2.46. The van der Waals surface area contributed by atoms with Crippen molar-refractivity contribution in [1.82, 2.24) is 9.13 Å². The molecule has 0 fully saturated rings. The Morgan fingerprint density at radius 3 is 1.39 bits per heavy atom. The molecule has 2 heterocycles. The molecule has 13 rings (SSSR count). The Bertz CT molecular complexity index is 3580. The number of rotatable bonds is 3. The molecule has 1 aliphatic rings. The first-order chi connectivity index (χ1) is 28.3. The lowest BCUT2D eigenvalue weighted by atomic mass is 9.90. The molecule has 12 aromatic rings. The summed E-state index contributed by atoms with van der Waals surface area (Å²) >= 11 is 0. The fraction of sp³-hybridized carbons (Fsp3) is 0.0182. The molecule has 10 aromatic carbocycles. The highest BCUT2D eigenvalue weighted by atomic mass is 15.0. The van der Waals surface area contributed by atoms with Gasteiger partial charge in [-0.15, -0.1) is 0 Å². The van der Waals surface area contributed by atoms with E-state index in [2.05, 4.69) is 203 Å². The van der Waals surface area contributed by atoms with E-state index in [0.717, 1.165) is 6.42 Å². The van der Waals surface area contributed by atoms with Crippen molar-refractivity contribution in [2.24, 2.45) is 0 Å². The van der Waals surface area contributed by atoms with Crippen LogP contribution in [-0.4, -0.2) is 9.13 Å². The SMILES string of the molecule is c1cc(-c2ccc3c4ccccc4c4ccccc4c3c2)c2c(c1)-c1cc(-n3c4ccccc4c4cc(-n5c6ccccc6c6ccccc65)ccc43)ccc1C2. The topological polar surface area (TPSA) is 9.86 Å². The second kappa shape index (κ2) is 11.6. The van der Waals surface area contributed by atoms with E-state index in [-0.39, 0.29) is 0 Å². The molecule has 0 aliphatic heterocycles. The first kappa shape index (κ1) is 30.9. The highest BCUT2D eigenvalue weighted by Gasteiger charge is 2.24. The Kier molecular flexibility index (Phi) is 6.25. The van der Waals surface area contributed by atoms with Gasteiger partial charge in [0.2, 0.25) is 0 Å². The van der Waals surface area contributed by atoms with Crippen molar-refractivity contribution in [1.29, 1.82) is 0 Å². The Morgan fingerprint density at radius 2 is 0.754 bits per heavy atom. The molecule has 264 valence electrons. The van der Waals surface area contributed by atoms with Crippen molar-refractivity contribution >= 4 is 75.9 Å². The van der Waals surface area contributed by atoms with Crippen molar-refractivity contribution in [3.05, 3.63) is 205 Å². The summed E-state index contributed by atoms with van der Waals surface area (Å²) in [5, 5.41) is 12.9. The van der Waals surface area contributed by atoms with Crippen LogP contribution in [0.25, 0.3) is 110 Å². The van der Waals surface area contributed by atoms with Crippen molar-refractivity contribution < 1.29 is 0 Å². The average Bonchev–Trinajstić information content (AvgIpc) is 3.93. The van der Waals surface area contributed by atoms with Crippen LogP contribution in [0.1, 0.15) is 11.1 Å². The largest absolute Gasteiger partial charge is 0.309 e. The maximum Gasteiger partial charge on any atom is 0.0542 e. The Labute approximate surface area is 329 Å². The summed E-state index contributed by atoms with van der Waals surface area (Å²) in [7, 11) is 0. The second-order valence-electron chi connectivity index (χ2n) is 15.6. The lowest BCUT2D eigenvalue weighted by molar-refractivity contribution is 1.16. The average molecular weight is 723 g/mol. The summed E-state index contributed by atoms with van der Waals surface area (Å²) in [5.41, 5.74) is 15.3. The van der Waals surface area contributed by atoms with Crippen LogP contribution in [0.15, 0.2) is 194 Å². The van der Waals surface area contributed by atoms with Gasteiger partial charge < -0.3 is 9.13 Å². The Balaban J connectivity index is 0.962. The molecular formula is C55H34N2. The molecule has 1 aliphatic carbocycles. The summed E-state index contributed by atoms with van der Waals surface area (Å²) in [6.07, 6.45) is 0.924. The van der Waals surface area contributed by atoms with Gasteiger partial charge in [0.15, 0.2) is 0 Å². The number of aromatic nitrogens is 2. The molecule has 0 saturated heterocycles. The van der Waals surface area contributed by atoms with Crippen LogP contribution in [0.3, 0.4) is 0 Å². The van der Waals surface area contributed by atoms with Crippen LogP contribution in [0.2, 0.25) is 0 Å². The molecule has 0 N–H and O–H groups in total. The number of nitrogens with zero attached hydrogens (tertiary/aromatic N) is 2. The minimum absolute atomic E-state index is 0.924. The maximum atomic E-state index is 2.46. The van der Waals surface area contributed by atoms with Crippen LogP contribution < -0.4 is 0 Å². The predicted molar refractivity (Wildman–Crippen MR) is 241 cm³/mol. The van der Waals surface area contributed by atoms with Gasteiger partial charge in [0, 0.05) is 32.9 Å². The van der Waals surface area contributed by atoms with Crippen molar-refractivity contribution in [2.75, 3.05) is 0 Å². The first-order valence-corrected chi connectivity index (χ1v) is 19.9. The second-order valence-corrected chi connectivity index (χ2v) is 15.6. The van der Waals surface area contributed by atoms with Crippen molar-refractivity contribution in [2.45, 2.75) is 6.42 Å². The number of para-hydroxylation sites is 3. The number of fused-ring (bicyclic) bond motifs is 15. The van der Waals surface area contributed by atoms with Crippen LogP contribution in [-0.2, 0) is 6.42 Å². The van der Waals surface area contributed by atoms with Gasteiger partial charge in [-0.25, -0.2) is 0 Å². The summed E-state index contributed by atoms with van der Waals surface area (Å²) in [4.78, 5) is 0. The quantitative estimate of drug-likeness (QED) is 0.161. The highest BCUT2D eigenvalue weighted by Crippen LogP contribution is 2.45. The van der Waals surface area contributed by atoms with E-state index < -0.39 is 0 Å². The monoisotopic (exact) mass is 722 g/mol. The molecule has 0 saturated carbocycles. The van der Waals surface area contributed by atoms with E-state index in [4.69, 9.17) is 0 Å². The van der Waals surface area contributed by atoms with Crippen LogP contribution in [0.4, 0.5) is 0 Å². The van der Waals surface area contributed by atoms with E-state index in [9.17, 15) is 0 Å². The summed E-state index contributed by atoms with van der Waals surface area (Å²) in [6, 6.07) is 72.2. The minimum Gasteiger partial charge on any atom is -0.309 e. The van der Waals surface area contributed by atoms with Gasteiger partial charge in [0.05, 0.1) is 22.1 Å². The van der Waals surface area contributed by atoms with Gasteiger partial charge in [0.1, 0.15) is 0 Å². The van der Waals surface area contributed by atoms with Gasteiger partial charge in [-0.05, 0) is 127 Å². The fourth-order valence-corrected chi connectivity index (χ4v) is 10.3. The highest BCUT2D eigenvalue weighted by molar-refractivity contribution is 6.26. The molecule has 0 amide bonds. The van der Waals surface area contributed by atoms with Gasteiger partial charge in [0.25, 0.3) is 0 Å². The summed E-state index contributed by atoms with van der Waals surface area (Å²) < 4.78 is 4.88. The van der Waals surface area contributed by atoms with E-state index in [1.807, 2.05) is 0 Å². The van der Waals surface area contributed by atoms with E-state index >= 15 is 0 Å². The summed E-state index contributed by atoms with van der Waals surface area (Å²) in [6.45, 7) is 0. The third-order valence-electron chi connectivity index (χ3n) is 12.7. The third-order valence-corrected chi connectivity index (χ3v) is 12.7. The Hall–Kier alpha value is -7.42. The van der Waals surface area contributed by atoms with Gasteiger partial charge in [-0.3, -0.25) is 0 Å². The van der Waals surface area contributed by atoms with Gasteiger partial charge in [-0.2, -0.15) is 0 Å². The molecular weight excluding hydrogens is 689 g/mol. The van der Waals surface area contributed by atoms with Crippen LogP contribution in [0.5, 0.6) is 0 Å². The molecule has 57 heavy (non-hydrogen) atoms. The minimum atomic E-state index is 0.924. The lowest BCUT2D eigenvalue weighted by Crippen LogP contribution is -1.96. The Morgan fingerprint density at radius 1 is 0.281 bits per heavy atom. The van der Waals surface area contributed by atoms with Crippen LogP contribution in [0, 0.1) is 0 Å². The molecule has 0 bridgehead atoms. The third kappa shape index (κ3) is 4.30. The zero-order valence-electron chi connectivity index (χ0n) is 31.1. The molecule has 2 nitrogen and oxygen atoms in total. The van der Waals surface area contributed by atoms with E-state index in [1.54, 1.807) is 0 Å². The van der Waals surface area contributed by atoms with E-state index in [1.165, 1.54) is 121 Å². The van der Waals surface area contributed by atoms with Crippen molar-refractivity contribution in [3.63, 3.8) is 0 Å². The van der Waals surface area contributed by atoms with Crippen molar-refractivity contribution in [3.8, 4) is 33.6 Å². The predicted octanol–water partition coefficient (Wildman–Crippen LogP) is 14.6. The number of hydrogen-bond donors (Lipinski definition) is 0. The fourth-order valence-electron chi connectivity index (χ4n) is 10.3. The van der Waals surface area contributed by atoms with Gasteiger partial charge in [-0.1, -0.05) is 140 Å². The molecule has 0 atom stereocenters. The zero-order chi connectivity index (χ0) is 37.2. The van der Waals surface area contributed by atoms with Gasteiger partial charge >= 0.3 is 0 Å². The zero-order valence-corrected chi connectivity index (χ0v) is 31.1. The van der Waals surface area contributed by atoms with Crippen LogP contribution >= 0.6 is 0 Å². The standard InChI is InChI=1S/C55H34N2/c1-2-14-41-39(12-1)40-13-3-4-15-42(40)50-30-34(25-28-44(41)50)38-19-11-20-43-48-32-36(26-24-35(48)31-49(38)43)57-54-23-10-7-18-47(54)51-33-37(27-29-55(51)57)56-52-21-8-5-16-45(52)46-17-6-9-22-53(46)56/h1-30,32-33H,31H2. The smallest absolute Gasteiger partial charge is 0.0542 e. The molecule has 2 aromatic heterocycles. The molecule has 2 heteroatoms. The molecule has 0 radical (unpaired) electrons. The normalized spacial score (nSPS) is 12.5. The van der Waals surface area contributed by atoms with E-state index in [0.29, 0.717) is 0 Å².